The van der Waals surface area contributed by atoms with E-state index in [0.29, 0.717) is 13.0 Å². The van der Waals surface area contributed by atoms with E-state index in [4.69, 9.17) is 5.21 Å². The van der Waals surface area contributed by atoms with E-state index in [2.05, 4.69) is 10.3 Å². The molecule has 7 heteroatoms. The first-order chi connectivity index (χ1) is 14.1. The van der Waals surface area contributed by atoms with Crippen molar-refractivity contribution in [2.75, 3.05) is 0 Å². The Morgan fingerprint density at radius 3 is 2.17 bits per heavy atom. The highest BCUT2D eigenvalue weighted by molar-refractivity contribution is 5.80. The van der Waals surface area contributed by atoms with Crippen LogP contribution in [0.3, 0.4) is 0 Å². The fourth-order valence-electron chi connectivity index (χ4n) is 5.24. The average molecular weight is 404 g/mol. The molecule has 1 aromatic heterocycles. The number of rotatable bonds is 9. The SMILES string of the molecule is O=C(CCc1ccc(CN[C@](C(=O)O)(C2CCCCC2)C2CCCC2)nc1)NO. The average Bonchev–Trinajstić information content (AvgIpc) is 3.29. The number of carboxylic acid groups (broad SMARTS) is 1. The van der Waals surface area contributed by atoms with Gasteiger partial charge in [-0.2, -0.15) is 0 Å². The van der Waals surface area contributed by atoms with Crippen molar-refractivity contribution in [3.63, 3.8) is 0 Å². The maximum absolute atomic E-state index is 12.6. The van der Waals surface area contributed by atoms with Crippen molar-refractivity contribution >= 4 is 11.9 Å². The summed E-state index contributed by atoms with van der Waals surface area (Å²) in [6, 6.07) is 3.80. The monoisotopic (exact) mass is 403 g/mol. The summed E-state index contributed by atoms with van der Waals surface area (Å²) in [6.45, 7) is 0.427. The Bertz CT molecular complexity index is 682. The van der Waals surface area contributed by atoms with Crippen LogP contribution in [0, 0.1) is 11.8 Å². The number of hydrogen-bond donors (Lipinski definition) is 4. The number of carboxylic acids is 1. The molecule has 29 heavy (non-hydrogen) atoms. The number of nitrogens with one attached hydrogen (secondary N) is 2. The number of aliphatic carboxylic acids is 1. The van der Waals surface area contributed by atoms with Gasteiger partial charge in [0.05, 0.1) is 5.69 Å². The molecule has 1 aromatic rings. The molecule has 2 aliphatic rings. The zero-order chi connectivity index (χ0) is 20.7. The van der Waals surface area contributed by atoms with Gasteiger partial charge in [0, 0.05) is 19.2 Å². The fraction of sp³-hybridized carbons (Fsp3) is 0.682. The van der Waals surface area contributed by atoms with E-state index in [0.717, 1.165) is 62.6 Å². The second-order valence-corrected chi connectivity index (χ2v) is 8.54. The lowest BCUT2D eigenvalue weighted by Gasteiger charge is -2.44. The summed E-state index contributed by atoms with van der Waals surface area (Å²) in [7, 11) is 0. The first-order valence-corrected chi connectivity index (χ1v) is 10.9. The Morgan fingerprint density at radius 2 is 1.66 bits per heavy atom. The largest absolute Gasteiger partial charge is 0.480 e. The smallest absolute Gasteiger partial charge is 0.324 e. The van der Waals surface area contributed by atoms with Crippen LogP contribution >= 0.6 is 0 Å². The second kappa shape index (κ2) is 10.2. The third-order valence-electron chi connectivity index (χ3n) is 6.82. The van der Waals surface area contributed by atoms with Gasteiger partial charge in [-0.3, -0.25) is 25.1 Å². The lowest BCUT2D eigenvalue weighted by Crippen LogP contribution is -2.62. The van der Waals surface area contributed by atoms with E-state index in [-0.39, 0.29) is 18.3 Å². The molecule has 0 aromatic carbocycles. The summed E-state index contributed by atoms with van der Waals surface area (Å²) in [5.74, 6) is -0.776. The van der Waals surface area contributed by atoms with Gasteiger partial charge in [-0.05, 0) is 55.6 Å². The maximum Gasteiger partial charge on any atom is 0.324 e. The van der Waals surface area contributed by atoms with Crippen LogP contribution < -0.4 is 10.8 Å². The summed E-state index contributed by atoms with van der Waals surface area (Å²) >= 11 is 0. The van der Waals surface area contributed by atoms with E-state index < -0.39 is 17.4 Å². The number of hydrogen-bond acceptors (Lipinski definition) is 5. The highest BCUT2D eigenvalue weighted by atomic mass is 16.5. The third-order valence-corrected chi connectivity index (χ3v) is 6.82. The third kappa shape index (κ3) is 5.14. The molecule has 7 nitrogen and oxygen atoms in total. The van der Waals surface area contributed by atoms with Gasteiger partial charge in [0.2, 0.25) is 5.91 Å². The van der Waals surface area contributed by atoms with Crippen LogP contribution in [0.4, 0.5) is 0 Å². The standard InChI is InChI=1S/C22H33N3O4/c26-20(25-29)13-11-16-10-12-19(23-14-16)15-24-22(21(27)28,18-8-4-5-9-18)17-6-2-1-3-7-17/h10,12,14,17-18,24,29H,1-9,11,13,15H2,(H,25,26)(H,27,28)/t22-/m1/s1. The molecule has 4 N–H and O–H groups in total. The summed E-state index contributed by atoms with van der Waals surface area (Å²) in [4.78, 5) is 28.2. The molecule has 0 radical (unpaired) electrons. The van der Waals surface area contributed by atoms with Crippen LogP contribution in [-0.4, -0.2) is 32.7 Å². The molecule has 2 saturated carbocycles. The molecular weight excluding hydrogens is 370 g/mol. The van der Waals surface area contributed by atoms with E-state index in [1.165, 1.54) is 6.42 Å². The summed E-state index contributed by atoms with van der Waals surface area (Å²) < 4.78 is 0. The molecule has 1 heterocycles. The molecule has 0 aliphatic heterocycles. The lowest BCUT2D eigenvalue weighted by atomic mass is 9.67. The maximum atomic E-state index is 12.6. The summed E-state index contributed by atoms with van der Waals surface area (Å²) in [6.07, 6.45) is 12.0. The van der Waals surface area contributed by atoms with Gasteiger partial charge in [-0.25, -0.2) is 5.48 Å². The van der Waals surface area contributed by atoms with Crippen molar-refractivity contribution in [2.24, 2.45) is 11.8 Å². The van der Waals surface area contributed by atoms with E-state index in [9.17, 15) is 14.7 Å². The lowest BCUT2D eigenvalue weighted by molar-refractivity contribution is -0.152. The van der Waals surface area contributed by atoms with Crippen LogP contribution in [0.2, 0.25) is 0 Å². The number of aryl methyl sites for hydroxylation is 1. The van der Waals surface area contributed by atoms with Crippen LogP contribution in [0.1, 0.15) is 75.5 Å². The number of carbonyl (C=O) groups is 2. The first kappa shape index (κ1) is 21.7. The Balaban J connectivity index is 1.70. The van der Waals surface area contributed by atoms with Gasteiger partial charge in [0.1, 0.15) is 5.54 Å². The Kier molecular flexibility index (Phi) is 7.61. The topological polar surface area (TPSA) is 112 Å². The van der Waals surface area contributed by atoms with Crippen LogP contribution in [0.15, 0.2) is 18.3 Å². The molecule has 2 fully saturated rings. The number of nitrogens with zero attached hydrogens (tertiary/aromatic N) is 1. The van der Waals surface area contributed by atoms with E-state index in [1.54, 1.807) is 11.7 Å². The number of pyridine rings is 1. The van der Waals surface area contributed by atoms with Crippen molar-refractivity contribution < 1.29 is 19.9 Å². The highest BCUT2D eigenvalue weighted by Gasteiger charge is 2.51. The zero-order valence-corrected chi connectivity index (χ0v) is 17.0. The van der Waals surface area contributed by atoms with Crippen molar-refractivity contribution in [1.82, 2.24) is 15.8 Å². The number of carbonyl (C=O) groups excluding carboxylic acids is 1. The van der Waals surface area contributed by atoms with Gasteiger partial charge in [0.15, 0.2) is 0 Å². The van der Waals surface area contributed by atoms with E-state index in [1.807, 2.05) is 12.1 Å². The van der Waals surface area contributed by atoms with Gasteiger partial charge in [-0.1, -0.05) is 38.2 Å². The van der Waals surface area contributed by atoms with Gasteiger partial charge < -0.3 is 5.11 Å². The normalized spacial score (nSPS) is 20.3. The van der Waals surface area contributed by atoms with Crippen molar-refractivity contribution in [3.05, 3.63) is 29.6 Å². The predicted octanol–water partition coefficient (Wildman–Crippen LogP) is 3.20. The molecule has 160 valence electrons. The highest BCUT2D eigenvalue weighted by Crippen LogP contribution is 2.44. The minimum atomic E-state index is -0.865. The van der Waals surface area contributed by atoms with Crippen LogP contribution in [-0.2, 0) is 22.6 Å². The van der Waals surface area contributed by atoms with Crippen LogP contribution in [0.25, 0.3) is 0 Å². The number of aromatic nitrogens is 1. The number of amides is 1. The minimum Gasteiger partial charge on any atom is -0.480 e. The summed E-state index contributed by atoms with van der Waals surface area (Å²) in [5, 5.41) is 22.4. The zero-order valence-electron chi connectivity index (χ0n) is 17.0. The van der Waals surface area contributed by atoms with Crippen LogP contribution in [0.5, 0.6) is 0 Å². The molecule has 1 atom stereocenters. The Labute approximate surface area is 172 Å². The molecule has 0 bridgehead atoms. The van der Waals surface area contributed by atoms with Crippen molar-refractivity contribution in [2.45, 2.75) is 82.7 Å². The molecular formula is C22H33N3O4. The Hall–Kier alpha value is -1.99. The van der Waals surface area contributed by atoms with Gasteiger partial charge >= 0.3 is 5.97 Å². The fourth-order valence-corrected chi connectivity index (χ4v) is 5.24. The molecule has 0 unspecified atom stereocenters. The van der Waals surface area contributed by atoms with Gasteiger partial charge in [0.25, 0.3) is 0 Å². The molecule has 0 spiro atoms. The summed E-state index contributed by atoms with van der Waals surface area (Å²) in [5.41, 5.74) is 2.48. The van der Waals surface area contributed by atoms with E-state index >= 15 is 0 Å². The quantitative estimate of drug-likeness (QED) is 0.372. The second-order valence-electron chi connectivity index (χ2n) is 8.54. The molecule has 0 saturated heterocycles. The molecule has 1 amide bonds. The van der Waals surface area contributed by atoms with Gasteiger partial charge in [-0.15, -0.1) is 0 Å². The van der Waals surface area contributed by atoms with Crippen molar-refractivity contribution in [3.8, 4) is 0 Å². The Morgan fingerprint density at radius 1 is 1.03 bits per heavy atom. The first-order valence-electron chi connectivity index (χ1n) is 10.9. The molecule has 3 rings (SSSR count). The van der Waals surface area contributed by atoms with Crippen molar-refractivity contribution in [1.29, 1.82) is 0 Å². The number of hydroxylamine groups is 1. The minimum absolute atomic E-state index is 0.174. The predicted molar refractivity (Wildman–Crippen MR) is 108 cm³/mol. The molecule has 2 aliphatic carbocycles.